The lowest BCUT2D eigenvalue weighted by Gasteiger charge is -2.31. The van der Waals surface area contributed by atoms with Gasteiger partial charge in [-0.2, -0.15) is 4.37 Å². The quantitative estimate of drug-likeness (QED) is 0.744. The number of rotatable bonds is 5. The predicted octanol–water partition coefficient (Wildman–Crippen LogP) is 4.55. The van der Waals surface area contributed by atoms with Gasteiger partial charge in [0, 0.05) is 18.0 Å². The lowest BCUT2D eigenvalue weighted by molar-refractivity contribution is 0.0636. The van der Waals surface area contributed by atoms with Crippen LogP contribution < -0.4 is 5.32 Å². The van der Waals surface area contributed by atoms with Crippen molar-refractivity contribution >= 4 is 28.4 Å². The van der Waals surface area contributed by atoms with Gasteiger partial charge in [-0.25, -0.2) is 4.79 Å². The number of ether oxygens (including phenoxy) is 1. The summed E-state index contributed by atoms with van der Waals surface area (Å²) in [6.45, 7) is 7.64. The summed E-state index contributed by atoms with van der Waals surface area (Å²) in [6, 6.07) is 11.3. The molecule has 1 aromatic carbocycles. The van der Waals surface area contributed by atoms with E-state index in [1.807, 2.05) is 57.2 Å². The Morgan fingerprint density at radius 3 is 2.75 bits per heavy atom. The van der Waals surface area contributed by atoms with Gasteiger partial charge in [0.2, 0.25) is 0 Å². The first-order valence-electron chi connectivity index (χ1n) is 9.57. The van der Waals surface area contributed by atoms with E-state index in [0.29, 0.717) is 11.5 Å². The second kappa shape index (κ2) is 8.84. The number of amides is 1. The van der Waals surface area contributed by atoms with Crippen LogP contribution in [0.15, 0.2) is 36.4 Å². The maximum Gasteiger partial charge on any atom is 0.412 e. The molecule has 0 saturated carbocycles. The first kappa shape index (κ1) is 20.5. The molecule has 28 heavy (non-hydrogen) atoms. The van der Waals surface area contributed by atoms with E-state index < -0.39 is 11.7 Å². The van der Waals surface area contributed by atoms with E-state index in [1.165, 1.54) is 11.5 Å². The van der Waals surface area contributed by atoms with E-state index in [4.69, 9.17) is 4.74 Å². The zero-order valence-electron chi connectivity index (χ0n) is 16.6. The number of Topliss-reactive ketones (excluding diaryl/α,β-unsaturated/α-hetero) is 1. The molecule has 0 spiro atoms. The molecule has 7 heteroatoms. The molecule has 1 atom stereocenters. The van der Waals surface area contributed by atoms with Crippen LogP contribution in [0, 0.1) is 0 Å². The summed E-state index contributed by atoms with van der Waals surface area (Å²) < 4.78 is 9.80. The molecule has 3 rings (SSSR count). The third-order valence-electron chi connectivity index (χ3n) is 4.54. The highest BCUT2D eigenvalue weighted by molar-refractivity contribution is 7.10. The number of carbonyl (C=O) groups is 2. The van der Waals surface area contributed by atoms with Gasteiger partial charge >= 0.3 is 6.09 Å². The summed E-state index contributed by atoms with van der Waals surface area (Å²) in [5, 5.41) is 3.43. The van der Waals surface area contributed by atoms with E-state index in [2.05, 4.69) is 14.6 Å². The standard InChI is InChI=1S/C21H27N3O3S/c1-21(2,3)27-20(26)22-19-12-17(23-28-19)16-10-7-11-24(13-16)14-18(25)15-8-5-4-6-9-15/h4-6,8-9,12,16H,7,10-11,13-14H2,1-3H3,(H,22,26). The predicted molar refractivity (Wildman–Crippen MR) is 111 cm³/mol. The van der Waals surface area contributed by atoms with E-state index >= 15 is 0 Å². The second-order valence-electron chi connectivity index (χ2n) is 8.11. The molecule has 150 valence electrons. The molecule has 6 nitrogen and oxygen atoms in total. The summed E-state index contributed by atoms with van der Waals surface area (Å²) >= 11 is 1.26. The number of piperidine rings is 1. The van der Waals surface area contributed by atoms with Gasteiger partial charge in [0.15, 0.2) is 5.78 Å². The average molecular weight is 402 g/mol. The molecule has 0 aliphatic carbocycles. The fourth-order valence-electron chi connectivity index (χ4n) is 3.30. The van der Waals surface area contributed by atoms with Gasteiger partial charge in [0.05, 0.1) is 12.2 Å². The summed E-state index contributed by atoms with van der Waals surface area (Å²) in [5.74, 6) is 0.412. The number of anilines is 1. The normalized spacial score (nSPS) is 17.9. The molecule has 1 N–H and O–H groups in total. The first-order valence-corrected chi connectivity index (χ1v) is 10.3. The largest absolute Gasteiger partial charge is 0.444 e. The molecule has 2 aromatic rings. The SMILES string of the molecule is CC(C)(C)OC(=O)Nc1cc(C2CCCN(CC(=O)c3ccccc3)C2)ns1. The number of benzene rings is 1. The van der Waals surface area contributed by atoms with Crippen LogP contribution in [0.4, 0.5) is 9.80 Å². The molecule has 0 radical (unpaired) electrons. The Morgan fingerprint density at radius 1 is 1.29 bits per heavy atom. The number of nitrogens with zero attached hydrogens (tertiary/aromatic N) is 2. The zero-order chi connectivity index (χ0) is 20.1. The Morgan fingerprint density at radius 2 is 2.04 bits per heavy atom. The van der Waals surface area contributed by atoms with E-state index in [-0.39, 0.29) is 11.7 Å². The average Bonchev–Trinajstić information content (AvgIpc) is 3.09. The molecule has 0 bridgehead atoms. The molecule has 1 amide bonds. The van der Waals surface area contributed by atoms with Crippen molar-refractivity contribution in [3.8, 4) is 0 Å². The molecule has 1 aliphatic rings. The molecular formula is C21H27N3O3S. The number of ketones is 1. The first-order chi connectivity index (χ1) is 13.3. The highest BCUT2D eigenvalue weighted by atomic mass is 32.1. The summed E-state index contributed by atoms with van der Waals surface area (Å²) in [4.78, 5) is 26.6. The molecule has 1 aromatic heterocycles. The van der Waals surface area contributed by atoms with Crippen molar-refractivity contribution < 1.29 is 14.3 Å². The third-order valence-corrected chi connectivity index (χ3v) is 5.26. The van der Waals surface area contributed by atoms with Gasteiger partial charge in [-0.15, -0.1) is 0 Å². The fourth-order valence-corrected chi connectivity index (χ4v) is 4.01. The van der Waals surface area contributed by atoms with Crippen LogP contribution >= 0.6 is 11.5 Å². The smallest absolute Gasteiger partial charge is 0.412 e. The van der Waals surface area contributed by atoms with Gasteiger partial charge in [0.25, 0.3) is 0 Å². The molecule has 1 saturated heterocycles. The van der Waals surface area contributed by atoms with Crippen molar-refractivity contribution in [3.63, 3.8) is 0 Å². The monoisotopic (exact) mass is 401 g/mol. The van der Waals surface area contributed by atoms with Crippen molar-refractivity contribution in [2.75, 3.05) is 25.0 Å². The van der Waals surface area contributed by atoms with Crippen molar-refractivity contribution in [2.24, 2.45) is 0 Å². The summed E-state index contributed by atoms with van der Waals surface area (Å²) in [7, 11) is 0. The fraction of sp³-hybridized carbons (Fsp3) is 0.476. The maximum atomic E-state index is 12.5. The Labute approximate surface area is 170 Å². The van der Waals surface area contributed by atoms with Gasteiger partial charge in [-0.1, -0.05) is 30.3 Å². The van der Waals surface area contributed by atoms with Gasteiger partial charge in [-0.05, 0) is 57.8 Å². The lowest BCUT2D eigenvalue weighted by atomic mass is 9.94. The van der Waals surface area contributed by atoms with Crippen LogP contribution in [0.25, 0.3) is 0 Å². The maximum absolute atomic E-state index is 12.5. The van der Waals surface area contributed by atoms with Crippen LogP contribution in [0.1, 0.15) is 55.6 Å². The Balaban J connectivity index is 1.56. The molecule has 1 unspecified atom stereocenters. The highest BCUT2D eigenvalue weighted by Gasteiger charge is 2.25. The number of aromatic nitrogens is 1. The Bertz CT molecular complexity index is 814. The Hall–Kier alpha value is -2.25. The van der Waals surface area contributed by atoms with Crippen LogP contribution in [0.5, 0.6) is 0 Å². The van der Waals surface area contributed by atoms with Gasteiger partial charge in [0.1, 0.15) is 10.6 Å². The highest BCUT2D eigenvalue weighted by Crippen LogP contribution is 2.30. The number of likely N-dealkylation sites (tertiary alicyclic amines) is 1. The van der Waals surface area contributed by atoms with Crippen LogP contribution in [-0.2, 0) is 4.74 Å². The summed E-state index contributed by atoms with van der Waals surface area (Å²) in [5.41, 5.74) is 1.18. The number of nitrogens with one attached hydrogen (secondary N) is 1. The Kier molecular flexibility index (Phi) is 6.46. The minimum Gasteiger partial charge on any atom is -0.444 e. The van der Waals surface area contributed by atoms with Crippen molar-refractivity contribution in [2.45, 2.75) is 45.1 Å². The van der Waals surface area contributed by atoms with E-state index in [0.717, 1.165) is 37.2 Å². The van der Waals surface area contributed by atoms with E-state index in [1.54, 1.807) is 0 Å². The van der Waals surface area contributed by atoms with E-state index in [9.17, 15) is 9.59 Å². The van der Waals surface area contributed by atoms with Gasteiger partial charge in [-0.3, -0.25) is 15.0 Å². The van der Waals surface area contributed by atoms with Crippen LogP contribution in [-0.4, -0.2) is 46.4 Å². The zero-order valence-corrected chi connectivity index (χ0v) is 17.4. The molecule has 2 heterocycles. The number of hydrogen-bond donors (Lipinski definition) is 1. The van der Waals surface area contributed by atoms with Crippen LogP contribution in [0.3, 0.4) is 0 Å². The number of carbonyl (C=O) groups excluding carboxylic acids is 2. The van der Waals surface area contributed by atoms with Crippen molar-refractivity contribution in [1.82, 2.24) is 9.27 Å². The minimum atomic E-state index is -0.535. The minimum absolute atomic E-state index is 0.145. The topological polar surface area (TPSA) is 71.5 Å². The summed E-state index contributed by atoms with van der Waals surface area (Å²) in [6.07, 6.45) is 1.59. The molecular weight excluding hydrogens is 374 g/mol. The molecule has 1 aliphatic heterocycles. The van der Waals surface area contributed by atoms with Crippen molar-refractivity contribution in [3.05, 3.63) is 47.7 Å². The van der Waals surface area contributed by atoms with Gasteiger partial charge < -0.3 is 4.74 Å². The number of hydrogen-bond acceptors (Lipinski definition) is 6. The van der Waals surface area contributed by atoms with Crippen LogP contribution in [0.2, 0.25) is 0 Å². The third kappa shape index (κ3) is 5.87. The van der Waals surface area contributed by atoms with Crippen molar-refractivity contribution in [1.29, 1.82) is 0 Å². The lowest BCUT2D eigenvalue weighted by Crippen LogP contribution is -2.38. The second-order valence-corrected chi connectivity index (χ2v) is 8.91. The molecule has 1 fully saturated rings.